The van der Waals surface area contributed by atoms with Crippen LogP contribution >= 0.6 is 11.6 Å². The molecule has 0 bridgehead atoms. The van der Waals surface area contributed by atoms with Crippen LogP contribution in [-0.4, -0.2) is 30.4 Å². The molecule has 0 amide bonds. The molecule has 0 aromatic heterocycles. The lowest BCUT2D eigenvalue weighted by atomic mass is 10.2. The molecule has 11 heavy (non-hydrogen) atoms. The average molecular weight is 174 g/mol. The summed E-state index contributed by atoms with van der Waals surface area (Å²) in [6.07, 6.45) is 1.33. The van der Waals surface area contributed by atoms with Gasteiger partial charge >= 0.3 is 0 Å². The predicted octanol–water partition coefficient (Wildman–Crippen LogP) is 2.12. The van der Waals surface area contributed by atoms with Gasteiger partial charge < -0.3 is 0 Å². The van der Waals surface area contributed by atoms with E-state index in [9.17, 15) is 0 Å². The maximum Gasteiger partial charge on any atom is 0.0443 e. The van der Waals surface area contributed by atoms with Crippen LogP contribution in [0.4, 0.5) is 0 Å². The SMILES string of the molecule is C=C(CCl)CN1CCC(C)C1. The first kappa shape index (κ1) is 9.08. The summed E-state index contributed by atoms with van der Waals surface area (Å²) in [7, 11) is 0. The maximum atomic E-state index is 5.64. The van der Waals surface area contributed by atoms with Crippen LogP contribution in [0.25, 0.3) is 0 Å². The Bertz CT molecular complexity index is 144. The van der Waals surface area contributed by atoms with Crippen LogP contribution < -0.4 is 0 Å². The zero-order valence-electron chi connectivity index (χ0n) is 7.15. The predicted molar refractivity (Wildman–Crippen MR) is 50.1 cm³/mol. The second-order valence-corrected chi connectivity index (χ2v) is 3.78. The lowest BCUT2D eigenvalue weighted by Gasteiger charge is -2.15. The van der Waals surface area contributed by atoms with E-state index < -0.39 is 0 Å². The lowest BCUT2D eigenvalue weighted by molar-refractivity contribution is 0.356. The van der Waals surface area contributed by atoms with Crippen molar-refractivity contribution in [3.63, 3.8) is 0 Å². The van der Waals surface area contributed by atoms with Crippen LogP contribution in [0, 0.1) is 5.92 Å². The third-order valence-corrected chi connectivity index (χ3v) is 2.52. The van der Waals surface area contributed by atoms with Gasteiger partial charge in [0.15, 0.2) is 0 Å². The van der Waals surface area contributed by atoms with Gasteiger partial charge in [-0.05, 0) is 24.5 Å². The Balaban J connectivity index is 2.23. The Labute approximate surface area is 74.0 Å². The van der Waals surface area contributed by atoms with Gasteiger partial charge in [0.2, 0.25) is 0 Å². The Morgan fingerprint density at radius 3 is 2.91 bits per heavy atom. The molecule has 0 aliphatic carbocycles. The summed E-state index contributed by atoms with van der Waals surface area (Å²) in [5.41, 5.74) is 1.14. The molecule has 0 N–H and O–H groups in total. The van der Waals surface area contributed by atoms with Crippen LogP contribution in [0.3, 0.4) is 0 Å². The largest absolute Gasteiger partial charge is 0.299 e. The monoisotopic (exact) mass is 173 g/mol. The van der Waals surface area contributed by atoms with Crippen molar-refractivity contribution in [3.8, 4) is 0 Å². The van der Waals surface area contributed by atoms with Crippen molar-refractivity contribution in [2.45, 2.75) is 13.3 Å². The fraction of sp³-hybridized carbons (Fsp3) is 0.778. The molecule has 1 heterocycles. The van der Waals surface area contributed by atoms with Crippen LogP contribution in [-0.2, 0) is 0 Å². The van der Waals surface area contributed by atoms with Crippen molar-refractivity contribution in [1.29, 1.82) is 0 Å². The summed E-state index contributed by atoms with van der Waals surface area (Å²) in [5.74, 6) is 1.46. The summed E-state index contributed by atoms with van der Waals surface area (Å²) in [6, 6.07) is 0. The number of halogens is 1. The highest BCUT2D eigenvalue weighted by atomic mass is 35.5. The Morgan fingerprint density at radius 2 is 2.45 bits per heavy atom. The first-order valence-electron chi connectivity index (χ1n) is 4.17. The molecule has 1 fully saturated rings. The number of hydrogen-bond donors (Lipinski definition) is 0. The van der Waals surface area contributed by atoms with E-state index in [-0.39, 0.29) is 0 Å². The quantitative estimate of drug-likeness (QED) is 0.467. The first-order chi connectivity index (χ1) is 5.22. The van der Waals surface area contributed by atoms with Gasteiger partial charge in [-0.3, -0.25) is 4.90 Å². The number of rotatable bonds is 3. The van der Waals surface area contributed by atoms with Gasteiger partial charge in [-0.1, -0.05) is 13.5 Å². The standard InChI is InChI=1S/C9H16ClN/c1-8-3-4-11(6-8)7-9(2)5-10/h8H,2-7H2,1H3. The smallest absolute Gasteiger partial charge is 0.0443 e. The van der Waals surface area contributed by atoms with E-state index in [1.54, 1.807) is 0 Å². The maximum absolute atomic E-state index is 5.64. The van der Waals surface area contributed by atoms with Crippen molar-refractivity contribution in [1.82, 2.24) is 4.90 Å². The number of alkyl halides is 1. The molecule has 1 aliphatic heterocycles. The molecule has 1 rings (SSSR count). The lowest BCUT2D eigenvalue weighted by Crippen LogP contribution is -2.23. The van der Waals surface area contributed by atoms with Crippen LogP contribution in [0.15, 0.2) is 12.2 Å². The summed E-state index contributed by atoms with van der Waals surface area (Å²) in [6.45, 7) is 9.61. The topological polar surface area (TPSA) is 3.24 Å². The molecule has 2 heteroatoms. The van der Waals surface area contributed by atoms with Crippen molar-refractivity contribution in [2.75, 3.05) is 25.5 Å². The molecule has 1 atom stereocenters. The van der Waals surface area contributed by atoms with Crippen molar-refractivity contribution in [2.24, 2.45) is 5.92 Å². The van der Waals surface area contributed by atoms with E-state index in [4.69, 9.17) is 11.6 Å². The molecule has 0 spiro atoms. The average Bonchev–Trinajstić information content (AvgIpc) is 2.35. The molecule has 1 aliphatic rings. The van der Waals surface area contributed by atoms with Crippen LogP contribution in [0.1, 0.15) is 13.3 Å². The minimum atomic E-state index is 0.602. The van der Waals surface area contributed by atoms with Crippen LogP contribution in [0.5, 0.6) is 0 Å². The molecule has 1 nitrogen and oxygen atoms in total. The van der Waals surface area contributed by atoms with E-state index in [2.05, 4.69) is 18.4 Å². The van der Waals surface area contributed by atoms with E-state index in [1.165, 1.54) is 19.5 Å². The van der Waals surface area contributed by atoms with Crippen molar-refractivity contribution in [3.05, 3.63) is 12.2 Å². The summed E-state index contributed by atoms with van der Waals surface area (Å²) in [5, 5.41) is 0. The minimum Gasteiger partial charge on any atom is -0.299 e. The molecule has 1 unspecified atom stereocenters. The van der Waals surface area contributed by atoms with E-state index in [0.717, 1.165) is 18.0 Å². The van der Waals surface area contributed by atoms with Gasteiger partial charge in [-0.25, -0.2) is 0 Å². The van der Waals surface area contributed by atoms with Crippen molar-refractivity contribution < 1.29 is 0 Å². The third kappa shape index (κ3) is 2.84. The Morgan fingerprint density at radius 1 is 1.73 bits per heavy atom. The summed E-state index contributed by atoms with van der Waals surface area (Å²) < 4.78 is 0. The summed E-state index contributed by atoms with van der Waals surface area (Å²) in [4.78, 5) is 2.43. The highest BCUT2D eigenvalue weighted by Gasteiger charge is 2.18. The molecule has 0 radical (unpaired) electrons. The van der Waals surface area contributed by atoms with Gasteiger partial charge in [0.05, 0.1) is 0 Å². The second kappa shape index (κ2) is 4.13. The molecular formula is C9H16ClN. The second-order valence-electron chi connectivity index (χ2n) is 3.51. The number of nitrogens with zero attached hydrogens (tertiary/aromatic N) is 1. The summed E-state index contributed by atoms with van der Waals surface area (Å²) >= 11 is 5.64. The van der Waals surface area contributed by atoms with E-state index in [1.807, 2.05) is 0 Å². The molecule has 0 aromatic carbocycles. The zero-order valence-corrected chi connectivity index (χ0v) is 7.90. The minimum absolute atomic E-state index is 0.602. The molecule has 0 aromatic rings. The number of hydrogen-bond acceptors (Lipinski definition) is 1. The highest BCUT2D eigenvalue weighted by Crippen LogP contribution is 2.15. The Kier molecular flexibility index (Phi) is 3.41. The molecular weight excluding hydrogens is 158 g/mol. The normalized spacial score (nSPS) is 25.8. The first-order valence-corrected chi connectivity index (χ1v) is 4.70. The van der Waals surface area contributed by atoms with E-state index >= 15 is 0 Å². The number of likely N-dealkylation sites (tertiary alicyclic amines) is 1. The van der Waals surface area contributed by atoms with Gasteiger partial charge in [-0.2, -0.15) is 0 Å². The van der Waals surface area contributed by atoms with Gasteiger partial charge in [-0.15, -0.1) is 11.6 Å². The third-order valence-electron chi connectivity index (χ3n) is 2.14. The van der Waals surface area contributed by atoms with Crippen molar-refractivity contribution >= 4 is 11.6 Å². The van der Waals surface area contributed by atoms with Gasteiger partial charge in [0.1, 0.15) is 0 Å². The van der Waals surface area contributed by atoms with Gasteiger partial charge in [0, 0.05) is 19.0 Å². The zero-order chi connectivity index (χ0) is 8.27. The van der Waals surface area contributed by atoms with E-state index in [0.29, 0.717) is 5.88 Å². The fourth-order valence-electron chi connectivity index (χ4n) is 1.53. The Hall–Kier alpha value is -0.0100. The van der Waals surface area contributed by atoms with Crippen LogP contribution in [0.2, 0.25) is 0 Å². The molecule has 0 saturated carbocycles. The fourth-order valence-corrected chi connectivity index (χ4v) is 1.61. The molecule has 64 valence electrons. The highest BCUT2D eigenvalue weighted by molar-refractivity contribution is 6.19. The molecule has 1 saturated heterocycles. The van der Waals surface area contributed by atoms with Gasteiger partial charge in [0.25, 0.3) is 0 Å².